The molecule has 1 heterocycles. The molecule has 1 saturated heterocycles. The molecule has 1 N–H and O–H groups in total. The number of amides is 1. The zero-order valence-corrected chi connectivity index (χ0v) is 15.7. The largest absolute Gasteiger partial charge is 0.490 e. The van der Waals surface area contributed by atoms with Gasteiger partial charge in [0.2, 0.25) is 5.91 Å². The lowest BCUT2D eigenvalue weighted by Crippen LogP contribution is -2.33. The van der Waals surface area contributed by atoms with Gasteiger partial charge in [-0.1, -0.05) is 31.0 Å². The summed E-state index contributed by atoms with van der Waals surface area (Å²) < 4.78 is 11.3. The number of benzene rings is 2. The van der Waals surface area contributed by atoms with Crippen molar-refractivity contribution >= 4 is 11.6 Å². The van der Waals surface area contributed by atoms with Crippen LogP contribution in [0.4, 0.5) is 5.69 Å². The summed E-state index contributed by atoms with van der Waals surface area (Å²) in [6, 6.07) is 17.1. The van der Waals surface area contributed by atoms with Gasteiger partial charge >= 0.3 is 0 Å². The van der Waals surface area contributed by atoms with Crippen LogP contribution in [0.25, 0.3) is 0 Å². The zero-order valence-electron chi connectivity index (χ0n) is 15.7. The number of likely N-dealkylation sites (tertiary alicyclic amines) is 1. The third kappa shape index (κ3) is 6.94. The molecule has 0 saturated carbocycles. The minimum Gasteiger partial charge on any atom is -0.490 e. The Kier molecular flexibility index (Phi) is 7.54. The smallest absolute Gasteiger partial charge is 0.238 e. The minimum atomic E-state index is 0.0434. The molecule has 0 radical (unpaired) electrons. The predicted molar refractivity (Wildman–Crippen MR) is 107 cm³/mol. The van der Waals surface area contributed by atoms with Gasteiger partial charge in [-0.05, 0) is 62.3 Å². The number of carbonyl (C=O) groups is 1. The summed E-state index contributed by atoms with van der Waals surface area (Å²) in [5.74, 6) is 1.64. The van der Waals surface area contributed by atoms with E-state index in [-0.39, 0.29) is 5.91 Å². The van der Waals surface area contributed by atoms with Crippen LogP contribution in [0.2, 0.25) is 0 Å². The molecule has 5 heteroatoms. The number of para-hydroxylation sites is 1. The molecule has 0 atom stereocenters. The van der Waals surface area contributed by atoms with Gasteiger partial charge in [-0.2, -0.15) is 0 Å². The fraction of sp³-hybridized carbons (Fsp3) is 0.409. The molecule has 0 aliphatic carbocycles. The number of nitrogens with zero attached hydrogens (tertiary/aromatic N) is 1. The lowest BCUT2D eigenvalue weighted by molar-refractivity contribution is -0.117. The average molecular weight is 368 g/mol. The molecule has 1 amide bonds. The van der Waals surface area contributed by atoms with Crippen LogP contribution in [0.1, 0.15) is 25.7 Å². The topological polar surface area (TPSA) is 50.8 Å². The summed E-state index contributed by atoms with van der Waals surface area (Å²) in [5, 5.41) is 2.96. The van der Waals surface area contributed by atoms with E-state index in [0.717, 1.165) is 30.3 Å². The van der Waals surface area contributed by atoms with Crippen molar-refractivity contribution in [3.05, 3.63) is 54.6 Å². The first-order chi connectivity index (χ1) is 13.3. The molecule has 2 aromatic rings. The molecular weight excluding hydrogens is 340 g/mol. The number of hydrogen-bond acceptors (Lipinski definition) is 4. The monoisotopic (exact) mass is 368 g/mol. The molecule has 5 nitrogen and oxygen atoms in total. The van der Waals surface area contributed by atoms with Crippen molar-refractivity contribution in [1.82, 2.24) is 4.90 Å². The summed E-state index contributed by atoms with van der Waals surface area (Å²) >= 11 is 0. The Morgan fingerprint density at radius 3 is 2.04 bits per heavy atom. The van der Waals surface area contributed by atoms with Crippen molar-refractivity contribution in [2.75, 3.05) is 38.2 Å². The highest BCUT2D eigenvalue weighted by Crippen LogP contribution is 2.16. The van der Waals surface area contributed by atoms with E-state index in [1.165, 1.54) is 25.7 Å². The van der Waals surface area contributed by atoms with Crippen LogP contribution in [-0.2, 0) is 4.79 Å². The standard InChI is InChI=1S/C22H28N2O3/c25-22(18-24-14-6-1-2-7-15-24)23-19-10-12-21(13-11-19)27-17-16-26-20-8-4-3-5-9-20/h3-5,8-13H,1-2,6-7,14-18H2,(H,23,25). The first-order valence-electron chi connectivity index (χ1n) is 9.72. The van der Waals surface area contributed by atoms with Crippen molar-refractivity contribution in [3.63, 3.8) is 0 Å². The van der Waals surface area contributed by atoms with E-state index in [2.05, 4.69) is 10.2 Å². The van der Waals surface area contributed by atoms with Gasteiger partial charge in [-0.3, -0.25) is 9.69 Å². The van der Waals surface area contributed by atoms with E-state index in [1.807, 2.05) is 54.6 Å². The van der Waals surface area contributed by atoms with Crippen molar-refractivity contribution in [2.45, 2.75) is 25.7 Å². The van der Waals surface area contributed by atoms with Gasteiger partial charge in [0.15, 0.2) is 0 Å². The molecule has 1 fully saturated rings. The van der Waals surface area contributed by atoms with E-state index >= 15 is 0 Å². The van der Waals surface area contributed by atoms with E-state index in [4.69, 9.17) is 9.47 Å². The predicted octanol–water partition coefficient (Wildman–Crippen LogP) is 3.96. The number of anilines is 1. The maximum absolute atomic E-state index is 12.2. The minimum absolute atomic E-state index is 0.0434. The Morgan fingerprint density at radius 2 is 1.41 bits per heavy atom. The Bertz CT molecular complexity index is 680. The second-order valence-electron chi connectivity index (χ2n) is 6.77. The van der Waals surface area contributed by atoms with Crippen molar-refractivity contribution in [2.24, 2.45) is 0 Å². The Hall–Kier alpha value is -2.53. The summed E-state index contributed by atoms with van der Waals surface area (Å²) in [7, 11) is 0. The maximum atomic E-state index is 12.2. The third-order valence-electron chi connectivity index (χ3n) is 4.57. The molecule has 27 heavy (non-hydrogen) atoms. The summed E-state index contributed by atoms with van der Waals surface area (Å²) in [4.78, 5) is 14.5. The Balaban J connectivity index is 1.37. The highest BCUT2D eigenvalue weighted by atomic mass is 16.5. The lowest BCUT2D eigenvalue weighted by atomic mass is 10.2. The van der Waals surface area contributed by atoms with Gasteiger partial charge in [0.1, 0.15) is 24.7 Å². The van der Waals surface area contributed by atoms with Crippen LogP contribution >= 0.6 is 0 Å². The molecule has 1 aliphatic heterocycles. The maximum Gasteiger partial charge on any atom is 0.238 e. The van der Waals surface area contributed by atoms with Crippen LogP contribution < -0.4 is 14.8 Å². The number of rotatable bonds is 8. The van der Waals surface area contributed by atoms with Crippen LogP contribution in [0.5, 0.6) is 11.5 Å². The number of hydrogen-bond donors (Lipinski definition) is 1. The van der Waals surface area contributed by atoms with Crippen LogP contribution in [0.15, 0.2) is 54.6 Å². The van der Waals surface area contributed by atoms with Gasteiger partial charge in [0, 0.05) is 5.69 Å². The number of carbonyl (C=O) groups excluding carboxylic acids is 1. The van der Waals surface area contributed by atoms with Crippen LogP contribution in [0, 0.1) is 0 Å². The molecule has 0 bridgehead atoms. The molecule has 3 rings (SSSR count). The fourth-order valence-corrected chi connectivity index (χ4v) is 3.17. The van der Waals surface area contributed by atoms with Gasteiger partial charge in [-0.15, -0.1) is 0 Å². The first kappa shape index (κ1) is 19.2. The third-order valence-corrected chi connectivity index (χ3v) is 4.57. The fourth-order valence-electron chi connectivity index (χ4n) is 3.17. The van der Waals surface area contributed by atoms with Gasteiger partial charge in [-0.25, -0.2) is 0 Å². The van der Waals surface area contributed by atoms with Crippen LogP contribution in [0.3, 0.4) is 0 Å². The van der Waals surface area contributed by atoms with Crippen molar-refractivity contribution in [3.8, 4) is 11.5 Å². The normalized spacial score (nSPS) is 15.0. The molecule has 0 aromatic heterocycles. The Labute approximate surface area is 161 Å². The Morgan fingerprint density at radius 1 is 0.815 bits per heavy atom. The number of nitrogens with one attached hydrogen (secondary N) is 1. The summed E-state index contributed by atoms with van der Waals surface area (Å²) in [6.07, 6.45) is 4.92. The molecule has 0 spiro atoms. The first-order valence-corrected chi connectivity index (χ1v) is 9.72. The van der Waals surface area contributed by atoms with Gasteiger partial charge < -0.3 is 14.8 Å². The highest BCUT2D eigenvalue weighted by molar-refractivity contribution is 5.92. The number of ether oxygens (including phenoxy) is 2. The summed E-state index contributed by atoms with van der Waals surface area (Å²) in [5.41, 5.74) is 0.794. The molecule has 2 aromatic carbocycles. The van der Waals surface area contributed by atoms with Crippen molar-refractivity contribution < 1.29 is 14.3 Å². The lowest BCUT2D eigenvalue weighted by Gasteiger charge is -2.19. The molecule has 144 valence electrons. The van der Waals surface area contributed by atoms with E-state index in [9.17, 15) is 4.79 Å². The van der Waals surface area contributed by atoms with Gasteiger partial charge in [0.25, 0.3) is 0 Å². The quantitative estimate of drug-likeness (QED) is 0.717. The SMILES string of the molecule is O=C(CN1CCCCCC1)Nc1ccc(OCCOc2ccccc2)cc1. The van der Waals surface area contributed by atoms with E-state index < -0.39 is 0 Å². The second kappa shape index (κ2) is 10.6. The zero-order chi connectivity index (χ0) is 18.7. The molecule has 0 unspecified atom stereocenters. The van der Waals surface area contributed by atoms with Gasteiger partial charge in [0.05, 0.1) is 6.54 Å². The van der Waals surface area contributed by atoms with Crippen molar-refractivity contribution in [1.29, 1.82) is 0 Å². The molecular formula is C22H28N2O3. The van der Waals surface area contributed by atoms with Crippen LogP contribution in [-0.4, -0.2) is 43.7 Å². The summed E-state index contributed by atoms with van der Waals surface area (Å²) in [6.45, 7) is 3.46. The highest BCUT2D eigenvalue weighted by Gasteiger charge is 2.13. The van der Waals surface area contributed by atoms with E-state index in [0.29, 0.717) is 19.8 Å². The second-order valence-corrected chi connectivity index (χ2v) is 6.77. The van der Waals surface area contributed by atoms with E-state index in [1.54, 1.807) is 0 Å². The average Bonchev–Trinajstić information content (AvgIpc) is 2.96. The molecule has 1 aliphatic rings.